The first-order chi connectivity index (χ1) is 12.2. The highest BCUT2D eigenvalue weighted by Gasteiger charge is 2.15. The second-order valence-electron chi connectivity index (χ2n) is 6.09. The maximum atomic E-state index is 12.1. The van der Waals surface area contributed by atoms with Crippen LogP contribution < -0.4 is 10.0 Å². The minimum absolute atomic E-state index is 0.179. The van der Waals surface area contributed by atoms with Crippen LogP contribution >= 0.6 is 23.2 Å². The van der Waals surface area contributed by atoms with E-state index in [1.165, 1.54) is 12.1 Å². The summed E-state index contributed by atoms with van der Waals surface area (Å²) < 4.78 is 26.7. The van der Waals surface area contributed by atoms with Crippen LogP contribution in [-0.2, 0) is 21.2 Å². The van der Waals surface area contributed by atoms with E-state index in [0.717, 1.165) is 5.56 Å². The SMILES string of the molecule is CC(C)NS(=O)(=O)c1ccc(CCC(=O)Nc2cc(Cl)ccc2Cl)cc1. The van der Waals surface area contributed by atoms with E-state index >= 15 is 0 Å². The predicted octanol–water partition coefficient (Wildman–Crippen LogP) is 4.25. The Labute approximate surface area is 163 Å². The lowest BCUT2D eigenvalue weighted by molar-refractivity contribution is -0.116. The molecule has 0 saturated heterocycles. The normalized spacial score (nSPS) is 11.6. The topological polar surface area (TPSA) is 75.3 Å². The largest absolute Gasteiger partial charge is 0.325 e. The molecule has 0 aliphatic heterocycles. The molecule has 26 heavy (non-hydrogen) atoms. The van der Waals surface area contributed by atoms with Crippen molar-refractivity contribution >= 4 is 44.8 Å². The van der Waals surface area contributed by atoms with Crippen LogP contribution in [0.15, 0.2) is 47.4 Å². The van der Waals surface area contributed by atoms with Gasteiger partial charge in [0.1, 0.15) is 0 Å². The molecule has 0 fully saturated rings. The van der Waals surface area contributed by atoms with Crippen molar-refractivity contribution in [2.24, 2.45) is 0 Å². The summed E-state index contributed by atoms with van der Waals surface area (Å²) in [6, 6.07) is 11.1. The number of benzene rings is 2. The molecule has 8 heteroatoms. The van der Waals surface area contributed by atoms with Crippen LogP contribution in [0, 0.1) is 0 Å². The molecule has 2 aromatic carbocycles. The number of hydrogen-bond donors (Lipinski definition) is 2. The quantitative estimate of drug-likeness (QED) is 0.710. The number of carbonyl (C=O) groups is 1. The summed E-state index contributed by atoms with van der Waals surface area (Å²) in [6.45, 7) is 3.52. The second kappa shape index (κ2) is 8.86. The zero-order chi connectivity index (χ0) is 19.3. The van der Waals surface area contributed by atoms with Gasteiger partial charge in [0.05, 0.1) is 15.6 Å². The van der Waals surface area contributed by atoms with Gasteiger partial charge in [-0.05, 0) is 56.2 Å². The van der Waals surface area contributed by atoms with Gasteiger partial charge in [-0.2, -0.15) is 0 Å². The molecule has 0 saturated carbocycles. The molecule has 0 unspecified atom stereocenters. The Morgan fingerprint density at radius 2 is 1.73 bits per heavy atom. The predicted molar refractivity (Wildman–Crippen MR) is 105 cm³/mol. The van der Waals surface area contributed by atoms with E-state index in [9.17, 15) is 13.2 Å². The zero-order valence-corrected chi connectivity index (χ0v) is 16.8. The maximum absolute atomic E-state index is 12.1. The zero-order valence-electron chi connectivity index (χ0n) is 14.4. The fraction of sp³-hybridized carbons (Fsp3) is 0.278. The number of amides is 1. The summed E-state index contributed by atoms with van der Waals surface area (Å²) >= 11 is 11.9. The molecule has 0 aliphatic carbocycles. The lowest BCUT2D eigenvalue weighted by atomic mass is 10.1. The van der Waals surface area contributed by atoms with Crippen LogP contribution in [0.2, 0.25) is 10.0 Å². The average molecular weight is 415 g/mol. The lowest BCUT2D eigenvalue weighted by Gasteiger charge is -2.10. The van der Waals surface area contributed by atoms with E-state index in [-0.39, 0.29) is 23.3 Å². The highest BCUT2D eigenvalue weighted by Crippen LogP contribution is 2.25. The van der Waals surface area contributed by atoms with Crippen LogP contribution in [0.5, 0.6) is 0 Å². The van der Waals surface area contributed by atoms with Gasteiger partial charge in [-0.3, -0.25) is 4.79 Å². The Morgan fingerprint density at radius 3 is 2.35 bits per heavy atom. The average Bonchev–Trinajstić information content (AvgIpc) is 2.55. The van der Waals surface area contributed by atoms with Crippen LogP contribution in [0.25, 0.3) is 0 Å². The Hall–Kier alpha value is -1.60. The van der Waals surface area contributed by atoms with Crippen molar-refractivity contribution in [1.29, 1.82) is 0 Å². The number of nitrogens with one attached hydrogen (secondary N) is 2. The number of sulfonamides is 1. The molecule has 0 bridgehead atoms. The molecule has 5 nitrogen and oxygen atoms in total. The standard InChI is InChI=1S/C18H20Cl2N2O3S/c1-12(2)22-26(24,25)15-7-3-13(4-8-15)5-10-18(23)21-17-11-14(19)6-9-16(17)20/h3-4,6-9,11-12,22H,5,10H2,1-2H3,(H,21,23). The van der Waals surface area contributed by atoms with Crippen LogP contribution in [0.3, 0.4) is 0 Å². The molecule has 140 valence electrons. The maximum Gasteiger partial charge on any atom is 0.240 e. The van der Waals surface area contributed by atoms with Crippen molar-refractivity contribution in [2.45, 2.75) is 37.6 Å². The molecule has 0 atom stereocenters. The third-order valence-corrected chi connectivity index (χ3v) is 5.71. The van der Waals surface area contributed by atoms with E-state index in [1.807, 2.05) is 0 Å². The first-order valence-corrected chi connectivity index (χ1v) is 10.3. The van der Waals surface area contributed by atoms with Gasteiger partial charge in [0.15, 0.2) is 0 Å². The molecule has 0 aromatic heterocycles. The van der Waals surface area contributed by atoms with Gasteiger partial charge >= 0.3 is 0 Å². The van der Waals surface area contributed by atoms with Gasteiger partial charge in [-0.25, -0.2) is 13.1 Å². The Kier molecular flexibility index (Phi) is 7.06. The van der Waals surface area contributed by atoms with Crippen molar-refractivity contribution in [1.82, 2.24) is 4.72 Å². The molecule has 2 N–H and O–H groups in total. The van der Waals surface area contributed by atoms with Crippen molar-refractivity contribution in [3.8, 4) is 0 Å². The number of aryl methyl sites for hydroxylation is 1. The Bertz CT molecular complexity index is 882. The van der Waals surface area contributed by atoms with Gasteiger partial charge < -0.3 is 5.32 Å². The monoisotopic (exact) mass is 414 g/mol. The third-order valence-electron chi connectivity index (χ3n) is 3.47. The van der Waals surface area contributed by atoms with Crippen molar-refractivity contribution < 1.29 is 13.2 Å². The van der Waals surface area contributed by atoms with Gasteiger partial charge in [0.25, 0.3) is 0 Å². The molecule has 0 spiro atoms. The minimum Gasteiger partial charge on any atom is -0.325 e. The fourth-order valence-electron chi connectivity index (χ4n) is 2.28. The van der Waals surface area contributed by atoms with Crippen molar-refractivity contribution in [2.75, 3.05) is 5.32 Å². The van der Waals surface area contributed by atoms with E-state index < -0.39 is 10.0 Å². The van der Waals surface area contributed by atoms with E-state index in [2.05, 4.69) is 10.0 Å². The van der Waals surface area contributed by atoms with Gasteiger partial charge in [0.2, 0.25) is 15.9 Å². The minimum atomic E-state index is -3.51. The summed E-state index contributed by atoms with van der Waals surface area (Å²) in [7, 11) is -3.51. The van der Waals surface area contributed by atoms with Crippen LogP contribution in [0.4, 0.5) is 5.69 Å². The number of anilines is 1. The van der Waals surface area contributed by atoms with E-state index in [1.54, 1.807) is 44.2 Å². The third kappa shape index (κ3) is 5.99. The van der Waals surface area contributed by atoms with Crippen molar-refractivity contribution in [3.05, 3.63) is 58.1 Å². The summed E-state index contributed by atoms with van der Waals surface area (Å²) in [5, 5.41) is 3.61. The molecule has 2 rings (SSSR count). The molecule has 2 aromatic rings. The molecule has 0 aliphatic rings. The highest BCUT2D eigenvalue weighted by molar-refractivity contribution is 7.89. The summed E-state index contributed by atoms with van der Waals surface area (Å²) in [6.07, 6.45) is 0.709. The molecule has 0 radical (unpaired) electrons. The molecule has 0 heterocycles. The highest BCUT2D eigenvalue weighted by atomic mass is 35.5. The van der Waals surface area contributed by atoms with E-state index in [0.29, 0.717) is 22.2 Å². The number of rotatable bonds is 7. The smallest absolute Gasteiger partial charge is 0.240 e. The first kappa shape index (κ1) is 20.7. The van der Waals surface area contributed by atoms with Crippen LogP contribution in [-0.4, -0.2) is 20.4 Å². The molecule has 1 amide bonds. The molecular formula is C18H20Cl2N2O3S. The van der Waals surface area contributed by atoms with E-state index in [4.69, 9.17) is 23.2 Å². The van der Waals surface area contributed by atoms with Gasteiger partial charge in [-0.1, -0.05) is 35.3 Å². The summed E-state index contributed by atoms with van der Waals surface area (Å²) in [5.74, 6) is -0.202. The number of hydrogen-bond acceptors (Lipinski definition) is 3. The fourth-order valence-corrected chi connectivity index (χ4v) is 3.87. The Balaban J connectivity index is 1.95. The van der Waals surface area contributed by atoms with Gasteiger partial charge in [-0.15, -0.1) is 0 Å². The lowest BCUT2D eigenvalue weighted by Crippen LogP contribution is -2.30. The summed E-state index contributed by atoms with van der Waals surface area (Å²) in [4.78, 5) is 12.3. The van der Waals surface area contributed by atoms with Crippen LogP contribution in [0.1, 0.15) is 25.8 Å². The number of carbonyl (C=O) groups excluding carboxylic acids is 1. The summed E-state index contributed by atoms with van der Waals surface area (Å²) in [5.41, 5.74) is 1.33. The van der Waals surface area contributed by atoms with Crippen molar-refractivity contribution in [3.63, 3.8) is 0 Å². The Morgan fingerprint density at radius 1 is 1.08 bits per heavy atom. The second-order valence-corrected chi connectivity index (χ2v) is 8.65. The van der Waals surface area contributed by atoms with Gasteiger partial charge in [0, 0.05) is 17.5 Å². The molecular weight excluding hydrogens is 395 g/mol. The number of halogens is 2. The first-order valence-electron chi connectivity index (χ1n) is 8.03.